The molecule has 3 atom stereocenters. The zero-order chi connectivity index (χ0) is 13.6. The Morgan fingerprint density at radius 1 is 1.25 bits per heavy atom. The van der Waals surface area contributed by atoms with E-state index in [2.05, 4.69) is 24.3 Å². The van der Waals surface area contributed by atoms with Crippen molar-refractivity contribution < 1.29 is 9.53 Å². The maximum absolute atomic E-state index is 12.9. The largest absolute Gasteiger partial charge is 0.356 e. The number of carbonyl (C=O) groups excluding carboxylic acids is 1. The van der Waals surface area contributed by atoms with Gasteiger partial charge in [-0.3, -0.25) is 4.79 Å². The monoisotopic (exact) mass is 267 g/mol. The molecule has 2 fully saturated rings. The molecular weight excluding hydrogens is 250 g/mol. The Kier molecular flexibility index (Phi) is 2.57. The highest BCUT2D eigenvalue weighted by atomic mass is 16.5. The summed E-state index contributed by atoms with van der Waals surface area (Å²) in [4.78, 5) is 14.8. The van der Waals surface area contributed by atoms with Crippen LogP contribution in [0, 0.1) is 11.3 Å². The van der Waals surface area contributed by atoms with Gasteiger partial charge >= 0.3 is 0 Å². The second-order valence-electron chi connectivity index (χ2n) is 5.73. The molecule has 3 heteroatoms. The summed E-state index contributed by atoms with van der Waals surface area (Å²) in [7, 11) is 0. The highest BCUT2D eigenvalue weighted by Gasteiger charge is 2.59. The average Bonchev–Trinajstić information content (AvgIpc) is 3.04. The van der Waals surface area contributed by atoms with E-state index in [0.29, 0.717) is 6.61 Å². The van der Waals surface area contributed by atoms with Gasteiger partial charge in [-0.15, -0.1) is 0 Å². The molecule has 0 radical (unpaired) electrons. The zero-order valence-electron chi connectivity index (χ0n) is 11.2. The number of hydrogen-bond acceptors (Lipinski definition) is 2. The third-order valence-corrected chi connectivity index (χ3v) is 4.65. The molecule has 2 saturated heterocycles. The predicted molar refractivity (Wildman–Crippen MR) is 75.8 cm³/mol. The van der Waals surface area contributed by atoms with Crippen LogP contribution < -0.4 is 0 Å². The average molecular weight is 267 g/mol. The molecule has 1 amide bonds. The number of allylic oxidation sites excluding steroid dienone is 2. The van der Waals surface area contributed by atoms with Gasteiger partial charge in [-0.1, -0.05) is 54.6 Å². The van der Waals surface area contributed by atoms with Crippen molar-refractivity contribution in [1.29, 1.82) is 0 Å². The lowest BCUT2D eigenvalue weighted by Gasteiger charge is -2.31. The Labute approximate surface area is 118 Å². The van der Waals surface area contributed by atoms with Crippen molar-refractivity contribution in [2.24, 2.45) is 11.3 Å². The van der Waals surface area contributed by atoms with Crippen LogP contribution >= 0.6 is 0 Å². The molecule has 0 aromatic heterocycles. The SMILES string of the molecule is O=C1N2CCO[C@H]2[C@H]2C=CC=C[C@@]12Cc1ccccc1. The Hall–Kier alpha value is -1.87. The van der Waals surface area contributed by atoms with E-state index in [1.165, 1.54) is 5.56 Å². The Morgan fingerprint density at radius 2 is 2.10 bits per heavy atom. The Bertz CT molecular complexity index is 592. The van der Waals surface area contributed by atoms with E-state index < -0.39 is 5.41 Å². The first kappa shape index (κ1) is 11.9. The first-order valence-electron chi connectivity index (χ1n) is 7.14. The van der Waals surface area contributed by atoms with E-state index in [1.807, 2.05) is 35.3 Å². The lowest BCUT2D eigenvalue weighted by Crippen LogP contribution is -2.38. The summed E-state index contributed by atoms with van der Waals surface area (Å²) >= 11 is 0. The molecule has 4 rings (SSSR count). The first-order chi connectivity index (χ1) is 9.81. The fourth-order valence-electron chi connectivity index (χ4n) is 3.71. The van der Waals surface area contributed by atoms with Crippen LogP contribution in [0.2, 0.25) is 0 Å². The maximum atomic E-state index is 12.9. The molecular formula is C17H17NO2. The van der Waals surface area contributed by atoms with Crippen molar-refractivity contribution in [1.82, 2.24) is 4.90 Å². The van der Waals surface area contributed by atoms with Gasteiger partial charge in [0.15, 0.2) is 0 Å². The van der Waals surface area contributed by atoms with Crippen LogP contribution in [-0.2, 0) is 16.0 Å². The Balaban J connectivity index is 1.75. The van der Waals surface area contributed by atoms with Crippen molar-refractivity contribution in [3.8, 4) is 0 Å². The third-order valence-electron chi connectivity index (χ3n) is 4.65. The topological polar surface area (TPSA) is 29.5 Å². The van der Waals surface area contributed by atoms with E-state index in [0.717, 1.165) is 13.0 Å². The van der Waals surface area contributed by atoms with E-state index in [9.17, 15) is 4.79 Å². The van der Waals surface area contributed by atoms with E-state index in [1.54, 1.807) is 0 Å². The van der Waals surface area contributed by atoms with Crippen LogP contribution in [0.5, 0.6) is 0 Å². The molecule has 20 heavy (non-hydrogen) atoms. The van der Waals surface area contributed by atoms with E-state index in [-0.39, 0.29) is 18.1 Å². The lowest BCUT2D eigenvalue weighted by molar-refractivity contribution is -0.134. The minimum atomic E-state index is -0.457. The second kappa shape index (κ2) is 4.32. The van der Waals surface area contributed by atoms with Gasteiger partial charge in [0, 0.05) is 12.5 Å². The Morgan fingerprint density at radius 3 is 2.95 bits per heavy atom. The van der Waals surface area contributed by atoms with Crippen LogP contribution in [0.3, 0.4) is 0 Å². The van der Waals surface area contributed by atoms with Gasteiger partial charge in [-0.05, 0) is 12.0 Å². The molecule has 0 N–H and O–H groups in total. The molecule has 0 spiro atoms. The van der Waals surface area contributed by atoms with Gasteiger partial charge in [0.2, 0.25) is 5.91 Å². The smallest absolute Gasteiger partial charge is 0.235 e. The quantitative estimate of drug-likeness (QED) is 0.821. The van der Waals surface area contributed by atoms with Crippen LogP contribution in [0.15, 0.2) is 54.6 Å². The number of ether oxygens (including phenoxy) is 1. The number of hydrogen-bond donors (Lipinski definition) is 0. The second-order valence-corrected chi connectivity index (χ2v) is 5.73. The van der Waals surface area contributed by atoms with Gasteiger partial charge in [-0.2, -0.15) is 0 Å². The summed E-state index contributed by atoms with van der Waals surface area (Å²) in [5.74, 6) is 0.345. The molecule has 3 nitrogen and oxygen atoms in total. The highest BCUT2D eigenvalue weighted by Crippen LogP contribution is 2.49. The minimum Gasteiger partial charge on any atom is -0.356 e. The summed E-state index contributed by atoms with van der Waals surface area (Å²) in [6.45, 7) is 1.38. The molecule has 0 unspecified atom stereocenters. The van der Waals surface area contributed by atoms with Crippen molar-refractivity contribution in [2.45, 2.75) is 12.6 Å². The molecule has 1 aromatic rings. The standard InChI is InChI=1S/C17H17NO2/c19-16-17(12-13-6-2-1-3-7-13)9-5-4-8-14(17)15-18(16)10-11-20-15/h1-9,14-15H,10-12H2/t14-,15+,17+/m1/s1. The number of nitrogens with zero attached hydrogens (tertiary/aromatic N) is 1. The number of amides is 1. The zero-order valence-corrected chi connectivity index (χ0v) is 11.2. The highest BCUT2D eigenvalue weighted by molar-refractivity contribution is 5.89. The van der Waals surface area contributed by atoms with Crippen LogP contribution in [0.1, 0.15) is 5.56 Å². The summed E-state index contributed by atoms with van der Waals surface area (Å²) in [6.07, 6.45) is 8.92. The van der Waals surface area contributed by atoms with Crippen molar-refractivity contribution in [3.63, 3.8) is 0 Å². The first-order valence-corrected chi connectivity index (χ1v) is 7.14. The third kappa shape index (κ3) is 1.53. The molecule has 102 valence electrons. The molecule has 0 saturated carbocycles. The molecule has 2 aliphatic heterocycles. The van der Waals surface area contributed by atoms with E-state index >= 15 is 0 Å². The van der Waals surface area contributed by atoms with Crippen LogP contribution in [0.25, 0.3) is 0 Å². The molecule has 3 aliphatic rings. The fourth-order valence-corrected chi connectivity index (χ4v) is 3.71. The summed E-state index contributed by atoms with van der Waals surface area (Å²) in [6, 6.07) is 10.2. The van der Waals surface area contributed by atoms with Crippen molar-refractivity contribution >= 4 is 5.91 Å². The van der Waals surface area contributed by atoms with Crippen LogP contribution in [-0.4, -0.2) is 30.2 Å². The molecule has 0 bridgehead atoms. The van der Waals surface area contributed by atoms with E-state index in [4.69, 9.17) is 4.74 Å². The summed E-state index contributed by atoms with van der Waals surface area (Å²) < 4.78 is 5.80. The predicted octanol–water partition coefficient (Wildman–Crippen LogP) is 2.16. The number of benzene rings is 1. The van der Waals surface area contributed by atoms with Gasteiger partial charge < -0.3 is 9.64 Å². The van der Waals surface area contributed by atoms with Gasteiger partial charge in [-0.25, -0.2) is 0 Å². The maximum Gasteiger partial charge on any atom is 0.235 e. The summed E-state index contributed by atoms with van der Waals surface area (Å²) in [5, 5.41) is 0. The van der Waals surface area contributed by atoms with Crippen molar-refractivity contribution in [2.75, 3.05) is 13.2 Å². The van der Waals surface area contributed by atoms with Gasteiger partial charge in [0.05, 0.1) is 12.0 Å². The minimum absolute atomic E-state index is 0.0765. The van der Waals surface area contributed by atoms with Gasteiger partial charge in [0.25, 0.3) is 0 Å². The van der Waals surface area contributed by atoms with Crippen LogP contribution in [0.4, 0.5) is 0 Å². The molecule has 1 aromatic carbocycles. The lowest BCUT2D eigenvalue weighted by atomic mass is 9.70. The normalized spacial score (nSPS) is 34.4. The van der Waals surface area contributed by atoms with Crippen molar-refractivity contribution in [3.05, 3.63) is 60.2 Å². The number of rotatable bonds is 2. The fraction of sp³-hybridized carbons (Fsp3) is 0.353. The summed E-state index contributed by atoms with van der Waals surface area (Å²) in [5.41, 5.74) is 0.744. The number of fused-ring (bicyclic) bond motifs is 3. The van der Waals surface area contributed by atoms with Gasteiger partial charge in [0.1, 0.15) is 6.23 Å². The number of carbonyl (C=O) groups is 1. The molecule has 2 heterocycles. The molecule has 1 aliphatic carbocycles.